The first-order valence-corrected chi connectivity index (χ1v) is 6.85. The van der Waals surface area contributed by atoms with E-state index in [1.54, 1.807) is 18.2 Å². The summed E-state index contributed by atoms with van der Waals surface area (Å²) in [5.74, 6) is 0.853. The van der Waals surface area contributed by atoms with Gasteiger partial charge < -0.3 is 9.52 Å². The van der Waals surface area contributed by atoms with Crippen molar-refractivity contribution < 1.29 is 9.52 Å². The van der Waals surface area contributed by atoms with E-state index in [0.717, 1.165) is 11.9 Å². The summed E-state index contributed by atoms with van der Waals surface area (Å²) in [4.78, 5) is 4.46. The molecule has 2 aromatic rings. The maximum atomic E-state index is 9.44. The van der Waals surface area contributed by atoms with E-state index >= 15 is 0 Å². The lowest BCUT2D eigenvalue weighted by molar-refractivity contribution is 0.338. The van der Waals surface area contributed by atoms with Gasteiger partial charge in [0.15, 0.2) is 5.58 Å². The van der Waals surface area contributed by atoms with Crippen LogP contribution in [0.5, 0.6) is 5.75 Å². The molecule has 0 atom stereocenters. The van der Waals surface area contributed by atoms with Gasteiger partial charge >= 0.3 is 0 Å². The van der Waals surface area contributed by atoms with Crippen LogP contribution in [0, 0.1) is 5.41 Å². The number of benzene rings is 1. The first-order chi connectivity index (χ1) is 9.04. The number of aromatic hydroxyl groups is 1. The van der Waals surface area contributed by atoms with Crippen molar-refractivity contribution in [1.29, 1.82) is 0 Å². The monoisotopic (exact) mass is 257 g/mol. The van der Waals surface area contributed by atoms with Crippen molar-refractivity contribution in [2.75, 3.05) is 0 Å². The molecule has 1 aromatic carbocycles. The topological polar surface area (TPSA) is 46.3 Å². The highest BCUT2D eigenvalue weighted by molar-refractivity contribution is 5.75. The molecule has 1 saturated carbocycles. The molecular formula is C16H19NO2. The largest absolute Gasteiger partial charge is 0.508 e. The average Bonchev–Trinajstić information content (AvgIpc) is 2.73. The maximum Gasteiger partial charge on any atom is 0.219 e. The van der Waals surface area contributed by atoms with Crippen LogP contribution in [0.2, 0.25) is 0 Å². The molecule has 100 valence electrons. The Kier molecular flexibility index (Phi) is 2.85. The molecule has 0 unspecified atom stereocenters. The second kappa shape index (κ2) is 4.41. The molecule has 1 aliphatic carbocycles. The number of rotatable bonds is 1. The van der Waals surface area contributed by atoms with Gasteiger partial charge in [0.25, 0.3) is 0 Å². The number of allylic oxidation sites excluding steroid dienone is 1. The van der Waals surface area contributed by atoms with Crippen molar-refractivity contribution in [3.05, 3.63) is 29.7 Å². The Hall–Kier alpha value is -1.77. The van der Waals surface area contributed by atoms with Gasteiger partial charge in [0, 0.05) is 12.1 Å². The van der Waals surface area contributed by atoms with Crippen LogP contribution in [0.4, 0.5) is 0 Å². The van der Waals surface area contributed by atoms with Crippen LogP contribution in [0.15, 0.2) is 28.2 Å². The quantitative estimate of drug-likeness (QED) is 0.817. The first kappa shape index (κ1) is 12.3. The van der Waals surface area contributed by atoms with Crippen LogP contribution >= 0.6 is 0 Å². The van der Waals surface area contributed by atoms with Crippen LogP contribution in [-0.2, 0) is 0 Å². The molecule has 0 aliphatic heterocycles. The van der Waals surface area contributed by atoms with Crippen molar-refractivity contribution in [3.8, 4) is 5.75 Å². The first-order valence-electron chi connectivity index (χ1n) is 6.85. The number of hydrogen-bond acceptors (Lipinski definition) is 3. The molecule has 1 aromatic heterocycles. The highest BCUT2D eigenvalue weighted by Crippen LogP contribution is 2.41. The van der Waals surface area contributed by atoms with Gasteiger partial charge in [-0.25, -0.2) is 4.98 Å². The third kappa shape index (κ3) is 2.37. The maximum absolute atomic E-state index is 9.44. The smallest absolute Gasteiger partial charge is 0.219 e. The predicted molar refractivity (Wildman–Crippen MR) is 75.9 cm³/mol. The molecule has 1 heterocycles. The normalized spacial score (nSPS) is 21.1. The van der Waals surface area contributed by atoms with Crippen LogP contribution in [0.1, 0.15) is 45.4 Å². The van der Waals surface area contributed by atoms with E-state index in [-0.39, 0.29) is 11.2 Å². The van der Waals surface area contributed by atoms with E-state index in [2.05, 4.69) is 24.9 Å². The summed E-state index contributed by atoms with van der Waals surface area (Å²) in [7, 11) is 0. The van der Waals surface area contributed by atoms with Crippen molar-refractivity contribution in [3.63, 3.8) is 0 Å². The Morgan fingerprint density at radius 3 is 2.95 bits per heavy atom. The van der Waals surface area contributed by atoms with Gasteiger partial charge in [-0.3, -0.25) is 0 Å². The number of nitrogens with zero attached hydrogens (tertiary/aromatic N) is 1. The molecule has 0 saturated heterocycles. The van der Waals surface area contributed by atoms with Crippen LogP contribution in [-0.4, -0.2) is 10.1 Å². The van der Waals surface area contributed by atoms with Gasteiger partial charge in [-0.05, 0) is 36.8 Å². The highest BCUT2D eigenvalue weighted by atomic mass is 16.3. The summed E-state index contributed by atoms with van der Waals surface area (Å²) in [6.07, 6.45) is 6.97. The molecule has 1 aliphatic rings. The third-order valence-corrected chi connectivity index (χ3v) is 4.05. The second-order valence-electron chi connectivity index (χ2n) is 5.96. The summed E-state index contributed by atoms with van der Waals surface area (Å²) < 4.78 is 5.70. The minimum atomic E-state index is 0.209. The summed E-state index contributed by atoms with van der Waals surface area (Å²) in [5, 5.41) is 9.44. The molecule has 3 nitrogen and oxygen atoms in total. The number of phenolic OH excluding ortho intramolecular Hbond substituents is 1. The fraction of sp³-hybridized carbons (Fsp3) is 0.438. The molecule has 3 heteroatoms. The Morgan fingerprint density at radius 1 is 1.32 bits per heavy atom. The predicted octanol–water partition coefficient (Wildman–Crippen LogP) is 4.52. The fourth-order valence-corrected chi connectivity index (χ4v) is 2.79. The highest BCUT2D eigenvalue weighted by Gasteiger charge is 2.26. The fourth-order valence-electron chi connectivity index (χ4n) is 2.79. The molecule has 0 bridgehead atoms. The van der Waals surface area contributed by atoms with Crippen molar-refractivity contribution >= 4 is 17.2 Å². The lowest BCUT2D eigenvalue weighted by atomic mass is 9.73. The number of aromatic nitrogens is 1. The van der Waals surface area contributed by atoms with Gasteiger partial charge in [0.1, 0.15) is 11.3 Å². The molecule has 0 amide bonds. The second-order valence-corrected chi connectivity index (χ2v) is 5.96. The van der Waals surface area contributed by atoms with E-state index in [1.165, 1.54) is 24.8 Å². The number of hydrogen-bond donors (Lipinski definition) is 1. The molecule has 1 N–H and O–H groups in total. The van der Waals surface area contributed by atoms with E-state index in [9.17, 15) is 5.11 Å². The standard InChI is InChI=1S/C16H19NO2/c1-16(2)8-4-3-5-11(16)9-15-17-13-7-6-12(18)10-14(13)19-15/h6-7,9-10,18H,3-5,8H2,1-2H3/b11-9-. The SMILES string of the molecule is CC1(C)CCCC/C1=C/c1nc2ccc(O)cc2o1. The Balaban J connectivity index is 2.00. The molecular weight excluding hydrogens is 238 g/mol. The average molecular weight is 257 g/mol. The van der Waals surface area contributed by atoms with Crippen LogP contribution in [0.3, 0.4) is 0 Å². The number of oxazole rings is 1. The van der Waals surface area contributed by atoms with Crippen molar-refractivity contribution in [1.82, 2.24) is 4.98 Å². The lowest BCUT2D eigenvalue weighted by Gasteiger charge is -2.32. The zero-order valence-corrected chi connectivity index (χ0v) is 11.4. The summed E-state index contributed by atoms with van der Waals surface area (Å²) in [6.45, 7) is 4.57. The Labute approximate surface area is 113 Å². The van der Waals surface area contributed by atoms with Crippen molar-refractivity contribution in [2.24, 2.45) is 5.41 Å². The molecule has 19 heavy (non-hydrogen) atoms. The van der Waals surface area contributed by atoms with Crippen LogP contribution in [0.25, 0.3) is 17.2 Å². The summed E-state index contributed by atoms with van der Waals surface area (Å²) in [5.41, 5.74) is 3.08. The lowest BCUT2D eigenvalue weighted by Crippen LogP contribution is -2.18. The van der Waals surface area contributed by atoms with E-state index in [1.807, 2.05) is 0 Å². The van der Waals surface area contributed by atoms with E-state index < -0.39 is 0 Å². The molecule has 0 spiro atoms. The van der Waals surface area contributed by atoms with Gasteiger partial charge in [-0.2, -0.15) is 0 Å². The van der Waals surface area contributed by atoms with Gasteiger partial charge in [0.2, 0.25) is 5.89 Å². The number of fused-ring (bicyclic) bond motifs is 1. The van der Waals surface area contributed by atoms with Gasteiger partial charge in [0.05, 0.1) is 0 Å². The molecule has 1 fully saturated rings. The van der Waals surface area contributed by atoms with E-state index in [0.29, 0.717) is 11.5 Å². The number of phenols is 1. The minimum absolute atomic E-state index is 0.209. The Bertz CT molecular complexity index is 637. The van der Waals surface area contributed by atoms with Crippen LogP contribution < -0.4 is 0 Å². The van der Waals surface area contributed by atoms with Gasteiger partial charge in [-0.15, -0.1) is 0 Å². The third-order valence-electron chi connectivity index (χ3n) is 4.05. The molecule has 0 radical (unpaired) electrons. The van der Waals surface area contributed by atoms with E-state index in [4.69, 9.17) is 4.42 Å². The summed E-state index contributed by atoms with van der Waals surface area (Å²) in [6, 6.07) is 5.02. The van der Waals surface area contributed by atoms with Gasteiger partial charge in [-0.1, -0.05) is 25.8 Å². The van der Waals surface area contributed by atoms with Crippen molar-refractivity contribution in [2.45, 2.75) is 39.5 Å². The zero-order valence-electron chi connectivity index (χ0n) is 11.4. The zero-order chi connectivity index (χ0) is 13.5. The summed E-state index contributed by atoms with van der Waals surface area (Å²) >= 11 is 0. The minimum Gasteiger partial charge on any atom is -0.508 e. The molecule has 3 rings (SSSR count). The Morgan fingerprint density at radius 2 is 2.16 bits per heavy atom.